The minimum absolute atomic E-state index is 0.0805. The maximum absolute atomic E-state index is 12.4. The van der Waals surface area contributed by atoms with Gasteiger partial charge in [-0.3, -0.25) is 9.59 Å². The molecule has 1 aliphatic rings. The van der Waals surface area contributed by atoms with Crippen molar-refractivity contribution in [1.82, 2.24) is 15.1 Å². The van der Waals surface area contributed by atoms with E-state index in [1.54, 1.807) is 10.9 Å². The van der Waals surface area contributed by atoms with Crippen LogP contribution in [0.25, 0.3) is 5.69 Å². The van der Waals surface area contributed by atoms with Gasteiger partial charge in [-0.05, 0) is 38.3 Å². The summed E-state index contributed by atoms with van der Waals surface area (Å²) in [6.45, 7) is 1.85. The zero-order valence-corrected chi connectivity index (χ0v) is 12.9. The zero-order valence-electron chi connectivity index (χ0n) is 12.9. The normalized spacial score (nSPS) is 20.4. The van der Waals surface area contributed by atoms with Crippen molar-refractivity contribution in [3.63, 3.8) is 0 Å². The molecule has 1 amide bonds. The third-order valence-corrected chi connectivity index (χ3v) is 4.37. The maximum atomic E-state index is 12.4. The fourth-order valence-corrected chi connectivity index (χ4v) is 3.06. The number of carboxylic acid groups (broad SMARTS) is 1. The molecule has 1 aromatic heterocycles. The molecule has 1 aliphatic carbocycles. The lowest BCUT2D eigenvalue weighted by atomic mass is 10.1. The summed E-state index contributed by atoms with van der Waals surface area (Å²) in [6.07, 6.45) is 3.37. The van der Waals surface area contributed by atoms with Crippen molar-refractivity contribution in [3.05, 3.63) is 47.8 Å². The second-order valence-corrected chi connectivity index (χ2v) is 5.91. The molecule has 0 bridgehead atoms. The molecule has 1 heterocycles. The van der Waals surface area contributed by atoms with Crippen LogP contribution >= 0.6 is 0 Å². The Hall–Kier alpha value is -2.63. The lowest BCUT2D eigenvalue weighted by molar-refractivity contribution is -0.141. The third-order valence-electron chi connectivity index (χ3n) is 4.37. The van der Waals surface area contributed by atoms with Gasteiger partial charge in [0, 0.05) is 6.04 Å². The Balaban J connectivity index is 1.72. The van der Waals surface area contributed by atoms with Gasteiger partial charge in [0.05, 0.1) is 29.1 Å². The predicted molar refractivity (Wildman–Crippen MR) is 84.5 cm³/mol. The van der Waals surface area contributed by atoms with Crippen molar-refractivity contribution in [1.29, 1.82) is 0 Å². The van der Waals surface area contributed by atoms with Gasteiger partial charge >= 0.3 is 5.97 Å². The molecule has 1 saturated carbocycles. The van der Waals surface area contributed by atoms with Crippen LogP contribution in [-0.2, 0) is 4.79 Å². The second-order valence-electron chi connectivity index (χ2n) is 5.91. The van der Waals surface area contributed by atoms with E-state index >= 15 is 0 Å². The number of carbonyl (C=O) groups excluding carboxylic acids is 1. The summed E-state index contributed by atoms with van der Waals surface area (Å²) in [4.78, 5) is 23.4. The summed E-state index contributed by atoms with van der Waals surface area (Å²) in [6, 6.07) is 9.53. The van der Waals surface area contributed by atoms with Gasteiger partial charge in [0.25, 0.3) is 5.91 Å². The Morgan fingerprint density at radius 1 is 1.26 bits per heavy atom. The Labute approximate surface area is 134 Å². The van der Waals surface area contributed by atoms with Crippen molar-refractivity contribution in [2.45, 2.75) is 32.2 Å². The highest BCUT2D eigenvalue weighted by molar-refractivity contribution is 5.95. The number of para-hydroxylation sites is 1. The smallest absolute Gasteiger partial charge is 0.306 e. The summed E-state index contributed by atoms with van der Waals surface area (Å²) in [5.74, 6) is -1.33. The molecule has 120 valence electrons. The van der Waals surface area contributed by atoms with E-state index in [1.165, 1.54) is 0 Å². The van der Waals surface area contributed by atoms with Gasteiger partial charge in [-0.25, -0.2) is 4.68 Å². The molecule has 0 spiro atoms. The number of aromatic nitrogens is 2. The summed E-state index contributed by atoms with van der Waals surface area (Å²) in [5, 5.41) is 16.2. The van der Waals surface area contributed by atoms with E-state index in [0.29, 0.717) is 24.8 Å². The molecule has 0 saturated heterocycles. The number of nitrogens with one attached hydrogen (secondary N) is 1. The monoisotopic (exact) mass is 313 g/mol. The molecule has 0 unspecified atom stereocenters. The quantitative estimate of drug-likeness (QED) is 0.906. The molecule has 2 atom stereocenters. The number of aliphatic carboxylic acids is 1. The molecule has 1 aromatic carbocycles. The van der Waals surface area contributed by atoms with Crippen LogP contribution in [0.1, 0.15) is 35.3 Å². The molecule has 23 heavy (non-hydrogen) atoms. The minimum Gasteiger partial charge on any atom is -0.481 e. The highest BCUT2D eigenvalue weighted by Crippen LogP contribution is 2.26. The van der Waals surface area contributed by atoms with Crippen molar-refractivity contribution >= 4 is 11.9 Å². The van der Waals surface area contributed by atoms with Crippen LogP contribution in [0.5, 0.6) is 0 Å². The van der Waals surface area contributed by atoms with E-state index in [0.717, 1.165) is 11.4 Å². The first kappa shape index (κ1) is 15.3. The first-order valence-corrected chi connectivity index (χ1v) is 7.70. The second kappa shape index (κ2) is 6.24. The van der Waals surface area contributed by atoms with Gasteiger partial charge in [0.2, 0.25) is 0 Å². The molecule has 0 radical (unpaired) electrons. The van der Waals surface area contributed by atoms with E-state index in [2.05, 4.69) is 10.4 Å². The van der Waals surface area contributed by atoms with E-state index < -0.39 is 5.97 Å². The van der Waals surface area contributed by atoms with Gasteiger partial charge in [0.15, 0.2) is 0 Å². The molecular formula is C17H19N3O3. The molecule has 2 N–H and O–H groups in total. The van der Waals surface area contributed by atoms with Crippen LogP contribution in [0, 0.1) is 12.8 Å². The van der Waals surface area contributed by atoms with Crippen LogP contribution in [0.3, 0.4) is 0 Å². The topological polar surface area (TPSA) is 84.2 Å². The number of nitrogens with zero attached hydrogens (tertiary/aromatic N) is 2. The number of amides is 1. The van der Waals surface area contributed by atoms with Gasteiger partial charge in [-0.2, -0.15) is 5.10 Å². The Morgan fingerprint density at radius 2 is 2.00 bits per heavy atom. The van der Waals surface area contributed by atoms with E-state index in [1.807, 2.05) is 37.3 Å². The molecular weight excluding hydrogens is 294 g/mol. The summed E-state index contributed by atoms with van der Waals surface area (Å²) in [5.41, 5.74) is 2.19. The van der Waals surface area contributed by atoms with Crippen LogP contribution < -0.4 is 5.32 Å². The molecule has 3 rings (SSSR count). The van der Waals surface area contributed by atoms with Crippen molar-refractivity contribution in [2.24, 2.45) is 5.92 Å². The zero-order chi connectivity index (χ0) is 16.4. The van der Waals surface area contributed by atoms with Gasteiger partial charge < -0.3 is 10.4 Å². The number of benzene rings is 1. The van der Waals surface area contributed by atoms with Crippen LogP contribution in [0.2, 0.25) is 0 Å². The number of carbonyl (C=O) groups is 2. The fraction of sp³-hybridized carbons (Fsp3) is 0.353. The van der Waals surface area contributed by atoms with Crippen molar-refractivity contribution < 1.29 is 14.7 Å². The van der Waals surface area contributed by atoms with Gasteiger partial charge in [0.1, 0.15) is 0 Å². The molecule has 6 nitrogen and oxygen atoms in total. The maximum Gasteiger partial charge on any atom is 0.306 e. The van der Waals surface area contributed by atoms with Crippen LogP contribution in [0.4, 0.5) is 0 Å². The average molecular weight is 313 g/mol. The highest BCUT2D eigenvalue weighted by Gasteiger charge is 2.31. The summed E-state index contributed by atoms with van der Waals surface area (Å²) < 4.78 is 1.73. The van der Waals surface area contributed by atoms with Gasteiger partial charge in [-0.1, -0.05) is 18.2 Å². The fourth-order valence-electron chi connectivity index (χ4n) is 3.06. The summed E-state index contributed by atoms with van der Waals surface area (Å²) in [7, 11) is 0. The lowest BCUT2D eigenvalue weighted by Gasteiger charge is -2.12. The largest absolute Gasteiger partial charge is 0.481 e. The minimum atomic E-state index is -0.783. The van der Waals surface area contributed by atoms with Crippen LogP contribution in [0.15, 0.2) is 36.5 Å². The first-order valence-electron chi connectivity index (χ1n) is 7.70. The average Bonchev–Trinajstić information content (AvgIpc) is 3.15. The molecule has 6 heteroatoms. The van der Waals surface area contributed by atoms with E-state index in [4.69, 9.17) is 5.11 Å². The Kier molecular flexibility index (Phi) is 4.14. The number of hydrogen-bond donors (Lipinski definition) is 2. The van der Waals surface area contributed by atoms with Crippen LogP contribution in [-0.4, -0.2) is 32.8 Å². The number of rotatable bonds is 4. The molecule has 0 aliphatic heterocycles. The third kappa shape index (κ3) is 3.11. The molecule has 2 aromatic rings. The van der Waals surface area contributed by atoms with E-state index in [9.17, 15) is 9.59 Å². The summed E-state index contributed by atoms with van der Waals surface area (Å²) >= 11 is 0. The SMILES string of the molecule is Cc1c(C(=O)N[C@@H]2CC[C@H](C(=O)O)C2)cnn1-c1ccccc1. The molecule has 1 fully saturated rings. The standard InChI is InChI=1S/C17H19N3O3/c1-11-15(10-18-20(11)14-5-3-2-4-6-14)16(21)19-13-8-7-12(9-13)17(22)23/h2-6,10,12-13H,7-9H2,1H3,(H,19,21)(H,22,23)/t12-,13+/m0/s1. The highest BCUT2D eigenvalue weighted by atomic mass is 16.4. The number of carboxylic acids is 1. The first-order chi connectivity index (χ1) is 11.1. The lowest BCUT2D eigenvalue weighted by Crippen LogP contribution is -2.33. The predicted octanol–water partition coefficient (Wildman–Crippen LogP) is 2.16. The van der Waals surface area contributed by atoms with E-state index in [-0.39, 0.29) is 17.9 Å². The van der Waals surface area contributed by atoms with Gasteiger partial charge in [-0.15, -0.1) is 0 Å². The Morgan fingerprint density at radius 3 is 2.65 bits per heavy atom. The Bertz CT molecular complexity index is 724. The number of hydrogen-bond acceptors (Lipinski definition) is 3. The van der Waals surface area contributed by atoms with Crippen molar-refractivity contribution in [2.75, 3.05) is 0 Å². The van der Waals surface area contributed by atoms with Crippen molar-refractivity contribution in [3.8, 4) is 5.69 Å².